The molecule has 0 saturated carbocycles. The van der Waals surface area contributed by atoms with E-state index in [9.17, 15) is 4.57 Å². The molecule has 0 radical (unpaired) electrons. The van der Waals surface area contributed by atoms with Crippen molar-refractivity contribution in [3.8, 4) is 17.2 Å². The molecule has 3 aromatic rings. The first-order valence-electron chi connectivity index (χ1n) is 9.00. The summed E-state index contributed by atoms with van der Waals surface area (Å²) >= 11 is 36.2. The fourth-order valence-corrected chi connectivity index (χ4v) is 5.06. The monoisotopic (exact) mass is 572 g/mol. The van der Waals surface area contributed by atoms with E-state index in [1.807, 2.05) is 0 Å². The average Bonchev–Trinajstić information content (AvgIpc) is 2.74. The first-order valence-corrected chi connectivity index (χ1v) is 13.1. The summed E-state index contributed by atoms with van der Waals surface area (Å²) in [6, 6.07) is 19.5. The van der Waals surface area contributed by atoms with E-state index < -0.39 is 22.3 Å². The highest BCUT2D eigenvalue weighted by Crippen LogP contribution is 2.54. The Kier molecular flexibility index (Phi) is 9.17. The molecule has 0 aromatic heterocycles. The van der Waals surface area contributed by atoms with Crippen molar-refractivity contribution >= 4 is 77.4 Å². The first-order chi connectivity index (χ1) is 15.2. The minimum absolute atomic E-state index is 0.0994. The number of phosphoric acid groups is 1. The van der Waals surface area contributed by atoms with Crippen molar-refractivity contribution in [1.82, 2.24) is 0 Å². The van der Waals surface area contributed by atoms with Crippen LogP contribution in [-0.4, -0.2) is 0 Å². The zero-order chi connectivity index (χ0) is 23.3. The molecule has 0 atom stereocenters. The number of alkyl halides is 6. The molecule has 0 spiro atoms. The molecule has 0 N–H and O–H groups in total. The van der Waals surface area contributed by atoms with E-state index >= 15 is 0 Å². The third-order valence-corrected chi connectivity index (χ3v) is 6.76. The molecule has 170 valence electrons. The Bertz CT molecular complexity index is 972. The Labute approximate surface area is 215 Å². The summed E-state index contributed by atoms with van der Waals surface area (Å²) in [4.78, 5) is -2.86. The second-order valence-corrected chi connectivity index (χ2v) is 11.0. The lowest BCUT2D eigenvalue weighted by atomic mass is 10.2. The molecule has 0 unspecified atom stereocenters. The number of rotatable bonds is 9. The van der Waals surface area contributed by atoms with Gasteiger partial charge in [0.1, 0.15) is 31.8 Å². The summed E-state index contributed by atoms with van der Waals surface area (Å²) in [5, 5.41) is 0. The van der Waals surface area contributed by atoms with E-state index in [4.69, 9.17) is 83.2 Å². The maximum absolute atomic E-state index is 13.9. The smallest absolute Gasteiger partial charge is 0.386 e. The lowest BCUT2D eigenvalue weighted by Gasteiger charge is -2.23. The molecule has 4 nitrogen and oxygen atoms in total. The van der Waals surface area contributed by atoms with Crippen LogP contribution in [0.5, 0.6) is 17.2 Å². The molecule has 0 heterocycles. The van der Waals surface area contributed by atoms with Crippen molar-refractivity contribution in [2.45, 2.75) is 14.5 Å². The van der Waals surface area contributed by atoms with E-state index in [-0.39, 0.29) is 17.2 Å². The van der Waals surface area contributed by atoms with Crippen LogP contribution < -0.4 is 13.6 Å². The predicted octanol–water partition coefficient (Wildman–Crippen LogP) is 9.76. The minimum atomic E-state index is -4.44. The lowest BCUT2D eigenvalue weighted by molar-refractivity contribution is 0.296. The van der Waals surface area contributed by atoms with Gasteiger partial charge in [0.2, 0.25) is 0 Å². The fourth-order valence-electron chi connectivity index (χ4n) is 2.65. The molecule has 0 fully saturated rings. The zero-order valence-corrected chi connectivity index (χ0v) is 21.4. The summed E-state index contributed by atoms with van der Waals surface area (Å²) < 4.78 is 31.1. The van der Waals surface area contributed by atoms with Gasteiger partial charge in [-0.15, -0.1) is 0 Å². The molecule has 3 aromatic carbocycles. The van der Waals surface area contributed by atoms with Crippen LogP contribution >= 0.6 is 77.4 Å². The van der Waals surface area contributed by atoms with Gasteiger partial charge in [-0.1, -0.05) is 124 Å². The topological polar surface area (TPSA) is 44.8 Å². The predicted molar refractivity (Wildman–Crippen MR) is 132 cm³/mol. The van der Waals surface area contributed by atoms with Crippen molar-refractivity contribution in [3.05, 3.63) is 89.5 Å². The molecule has 0 aliphatic carbocycles. The van der Waals surface area contributed by atoms with Crippen LogP contribution in [0, 0.1) is 0 Å². The summed E-state index contributed by atoms with van der Waals surface area (Å²) in [5.41, 5.74) is 1.10. The Balaban J connectivity index is 2.07. The van der Waals surface area contributed by atoms with Crippen LogP contribution in [0.25, 0.3) is 0 Å². The van der Waals surface area contributed by atoms with Crippen molar-refractivity contribution < 1.29 is 18.1 Å². The van der Waals surface area contributed by atoms with Crippen LogP contribution in [0.3, 0.4) is 0 Å². The van der Waals surface area contributed by atoms with Gasteiger partial charge in [0.15, 0.2) is 0 Å². The highest BCUT2D eigenvalue weighted by Gasteiger charge is 2.36. The largest absolute Gasteiger partial charge is 0.647 e. The number of hydrogen-bond acceptors (Lipinski definition) is 4. The number of benzene rings is 3. The van der Waals surface area contributed by atoms with Crippen molar-refractivity contribution in [1.29, 1.82) is 0 Å². The Morgan fingerprint density at radius 2 is 0.750 bits per heavy atom. The summed E-state index contributed by atoms with van der Waals surface area (Å²) in [6.45, 7) is 0. The van der Waals surface area contributed by atoms with Gasteiger partial charge in [0.05, 0.1) is 0 Å². The molecule has 0 amide bonds. The minimum Gasteiger partial charge on any atom is -0.386 e. The highest BCUT2D eigenvalue weighted by atomic mass is 35.5. The molecule has 0 bridgehead atoms. The SMILES string of the molecule is O=P(Oc1ccccc1C(Cl)Cl)(Oc1ccccc1C(Cl)Cl)Oc1ccccc1C(Cl)Cl. The standard InChI is InChI=1S/C21H15Cl6O4P/c22-19(23)13-7-1-4-10-16(13)29-32(28,30-17-11-5-2-8-14(17)20(24)25)31-18-12-6-3-9-15(18)21(26)27/h1-12,19-21H. The lowest BCUT2D eigenvalue weighted by Crippen LogP contribution is -2.10. The number of hydrogen-bond donors (Lipinski definition) is 0. The third-order valence-electron chi connectivity index (χ3n) is 4.09. The van der Waals surface area contributed by atoms with E-state index in [1.54, 1.807) is 54.6 Å². The van der Waals surface area contributed by atoms with Crippen molar-refractivity contribution in [2.24, 2.45) is 0 Å². The maximum atomic E-state index is 13.9. The van der Waals surface area contributed by atoms with Crippen LogP contribution in [0.4, 0.5) is 0 Å². The van der Waals surface area contributed by atoms with Crippen LogP contribution in [0.1, 0.15) is 31.2 Å². The maximum Gasteiger partial charge on any atom is 0.647 e. The van der Waals surface area contributed by atoms with Crippen LogP contribution in [0.15, 0.2) is 72.8 Å². The Morgan fingerprint density at radius 3 is 1.00 bits per heavy atom. The van der Waals surface area contributed by atoms with E-state index in [2.05, 4.69) is 0 Å². The van der Waals surface area contributed by atoms with Crippen LogP contribution in [-0.2, 0) is 4.57 Å². The Hall–Kier alpha value is -0.970. The number of para-hydroxylation sites is 3. The number of halogens is 6. The average molecular weight is 575 g/mol. The molecule has 3 rings (SSSR count). The number of phosphoric ester groups is 1. The van der Waals surface area contributed by atoms with Gasteiger partial charge in [-0.25, -0.2) is 0 Å². The van der Waals surface area contributed by atoms with E-state index in [1.165, 1.54) is 18.2 Å². The summed E-state index contributed by atoms with van der Waals surface area (Å²) in [7, 11) is -4.44. The van der Waals surface area contributed by atoms with Gasteiger partial charge >= 0.3 is 7.82 Å². The fraction of sp³-hybridized carbons (Fsp3) is 0.143. The third kappa shape index (κ3) is 6.55. The molecule has 11 heteroatoms. The summed E-state index contributed by atoms with van der Waals surface area (Å²) in [5.74, 6) is 0.298. The van der Waals surface area contributed by atoms with Gasteiger partial charge < -0.3 is 13.6 Å². The molecule has 0 aliphatic heterocycles. The zero-order valence-electron chi connectivity index (χ0n) is 16.0. The van der Waals surface area contributed by atoms with E-state index in [0.717, 1.165) is 0 Å². The van der Waals surface area contributed by atoms with Crippen molar-refractivity contribution in [3.63, 3.8) is 0 Å². The van der Waals surface area contributed by atoms with Gasteiger partial charge in [-0.3, -0.25) is 0 Å². The quantitative estimate of drug-likeness (QED) is 0.188. The first kappa shape index (κ1) is 25.6. The molecule has 0 saturated heterocycles. The molecular weight excluding hydrogens is 560 g/mol. The Morgan fingerprint density at radius 1 is 0.500 bits per heavy atom. The van der Waals surface area contributed by atoms with E-state index in [0.29, 0.717) is 16.7 Å². The highest BCUT2D eigenvalue weighted by molar-refractivity contribution is 7.49. The van der Waals surface area contributed by atoms with Crippen LogP contribution in [0.2, 0.25) is 0 Å². The second-order valence-electron chi connectivity index (χ2n) is 6.24. The second kappa shape index (κ2) is 11.4. The van der Waals surface area contributed by atoms with Gasteiger partial charge in [-0.2, -0.15) is 4.57 Å². The van der Waals surface area contributed by atoms with Gasteiger partial charge in [0, 0.05) is 16.7 Å². The molecule has 0 aliphatic rings. The van der Waals surface area contributed by atoms with Gasteiger partial charge in [-0.05, 0) is 18.2 Å². The summed E-state index contributed by atoms with van der Waals surface area (Å²) in [6.07, 6.45) is 0. The molecule has 32 heavy (non-hydrogen) atoms. The van der Waals surface area contributed by atoms with Crippen molar-refractivity contribution in [2.75, 3.05) is 0 Å². The molecular formula is C21H15Cl6O4P. The normalized spacial score (nSPS) is 11.8. The van der Waals surface area contributed by atoms with Gasteiger partial charge in [0.25, 0.3) is 0 Å².